The Bertz CT molecular complexity index is 1010. The third kappa shape index (κ3) is 6.85. The lowest BCUT2D eigenvalue weighted by Gasteiger charge is -2.30. The molecule has 0 aromatic heterocycles. The van der Waals surface area contributed by atoms with Crippen LogP contribution in [0.5, 0.6) is 0 Å². The van der Waals surface area contributed by atoms with Gasteiger partial charge in [-0.1, -0.05) is 36.2 Å². The average Bonchev–Trinajstić information content (AvgIpc) is 2.76. The molecule has 0 atom stereocenters. The number of benzene rings is 2. The lowest BCUT2D eigenvalue weighted by molar-refractivity contribution is -0.119. The fourth-order valence-electron chi connectivity index (χ4n) is 3.68. The molecule has 2 aromatic carbocycles. The van der Waals surface area contributed by atoms with Crippen molar-refractivity contribution in [3.8, 4) is 0 Å². The molecule has 0 radical (unpaired) electrons. The highest BCUT2D eigenvalue weighted by Crippen LogP contribution is 2.26. The molecule has 3 rings (SSSR count). The summed E-state index contributed by atoms with van der Waals surface area (Å²) >= 11 is 12.0. The summed E-state index contributed by atoms with van der Waals surface area (Å²) < 4.78 is 27.7. The van der Waals surface area contributed by atoms with Crippen LogP contribution in [0.2, 0.25) is 10.0 Å². The van der Waals surface area contributed by atoms with Gasteiger partial charge in [0.15, 0.2) is 0 Å². The van der Waals surface area contributed by atoms with E-state index in [1.165, 1.54) is 43.2 Å². The molecule has 0 aliphatic carbocycles. The molecule has 0 spiro atoms. The number of carbonyl (C=O) groups is 1. The van der Waals surface area contributed by atoms with Gasteiger partial charge in [0.25, 0.3) is 10.0 Å². The molecule has 1 N–H and O–H groups in total. The van der Waals surface area contributed by atoms with E-state index >= 15 is 0 Å². The Morgan fingerprint density at radius 2 is 1.78 bits per heavy atom. The molecule has 1 aliphatic rings. The first-order valence-corrected chi connectivity index (χ1v) is 13.0. The first-order chi connectivity index (χ1) is 15.3. The van der Waals surface area contributed by atoms with Crippen LogP contribution in [0.3, 0.4) is 0 Å². The number of carbonyl (C=O) groups excluding carboxylic acids is 1. The fourth-order valence-corrected chi connectivity index (χ4v) is 5.41. The molecule has 1 heterocycles. The van der Waals surface area contributed by atoms with Crippen LogP contribution in [-0.4, -0.2) is 51.9 Å². The van der Waals surface area contributed by atoms with E-state index in [-0.39, 0.29) is 17.3 Å². The molecule has 9 heteroatoms. The smallest absolute Gasteiger partial charge is 0.264 e. The maximum atomic E-state index is 13.3. The van der Waals surface area contributed by atoms with E-state index in [9.17, 15) is 13.2 Å². The number of nitrogens with zero attached hydrogens (tertiary/aromatic N) is 2. The summed E-state index contributed by atoms with van der Waals surface area (Å²) in [4.78, 5) is 15.1. The van der Waals surface area contributed by atoms with Crippen molar-refractivity contribution in [3.05, 3.63) is 58.6 Å². The Morgan fingerprint density at radius 1 is 1.09 bits per heavy atom. The van der Waals surface area contributed by atoms with E-state index in [1.54, 1.807) is 18.2 Å². The van der Waals surface area contributed by atoms with E-state index in [1.807, 2.05) is 0 Å². The first-order valence-electron chi connectivity index (χ1n) is 10.8. The number of anilines is 1. The summed E-state index contributed by atoms with van der Waals surface area (Å²) in [7, 11) is -3.99. The van der Waals surface area contributed by atoms with Gasteiger partial charge in [0.2, 0.25) is 5.91 Å². The van der Waals surface area contributed by atoms with Crippen molar-refractivity contribution in [2.45, 2.75) is 31.1 Å². The molecule has 2 aromatic rings. The predicted molar refractivity (Wildman–Crippen MR) is 130 cm³/mol. The van der Waals surface area contributed by atoms with Gasteiger partial charge in [0.1, 0.15) is 6.54 Å². The van der Waals surface area contributed by atoms with Gasteiger partial charge in [-0.25, -0.2) is 8.42 Å². The lowest BCUT2D eigenvalue weighted by atomic mass is 9.99. The molecule has 174 valence electrons. The Hall–Kier alpha value is -1.80. The SMILES string of the molecule is CC1CCN(CCCNC(=O)CN(c2cccc(Cl)c2)S(=O)(=O)c2ccc(Cl)cc2)CC1. The number of piperidine rings is 1. The Labute approximate surface area is 200 Å². The molecular formula is C23H29Cl2N3O3S. The molecule has 0 unspecified atom stereocenters. The zero-order valence-electron chi connectivity index (χ0n) is 18.1. The minimum absolute atomic E-state index is 0.0500. The van der Waals surface area contributed by atoms with Crippen LogP contribution in [0.15, 0.2) is 53.4 Å². The minimum atomic E-state index is -3.99. The fraction of sp³-hybridized carbons (Fsp3) is 0.435. The van der Waals surface area contributed by atoms with E-state index < -0.39 is 10.0 Å². The zero-order chi connectivity index (χ0) is 23.1. The van der Waals surface area contributed by atoms with Crippen LogP contribution in [0.1, 0.15) is 26.2 Å². The van der Waals surface area contributed by atoms with Crippen molar-refractivity contribution in [1.29, 1.82) is 0 Å². The van der Waals surface area contributed by atoms with Crippen molar-refractivity contribution in [2.24, 2.45) is 5.92 Å². The Balaban J connectivity index is 1.65. The molecular weight excluding hydrogens is 469 g/mol. The van der Waals surface area contributed by atoms with Gasteiger partial charge in [0.05, 0.1) is 10.6 Å². The van der Waals surface area contributed by atoms with Gasteiger partial charge in [0, 0.05) is 16.6 Å². The molecule has 1 aliphatic heterocycles. The van der Waals surface area contributed by atoms with Crippen LogP contribution >= 0.6 is 23.2 Å². The topological polar surface area (TPSA) is 69.7 Å². The molecule has 0 saturated carbocycles. The van der Waals surface area contributed by atoms with Crippen LogP contribution in [0.4, 0.5) is 5.69 Å². The van der Waals surface area contributed by atoms with Crippen LogP contribution in [-0.2, 0) is 14.8 Å². The highest BCUT2D eigenvalue weighted by Gasteiger charge is 2.27. The highest BCUT2D eigenvalue weighted by molar-refractivity contribution is 7.92. The summed E-state index contributed by atoms with van der Waals surface area (Å²) in [6, 6.07) is 12.3. The highest BCUT2D eigenvalue weighted by atomic mass is 35.5. The second-order valence-corrected chi connectivity index (χ2v) is 10.9. The number of amides is 1. The number of hydrogen-bond donors (Lipinski definition) is 1. The van der Waals surface area contributed by atoms with E-state index in [4.69, 9.17) is 23.2 Å². The van der Waals surface area contributed by atoms with Crippen molar-refractivity contribution in [2.75, 3.05) is 37.0 Å². The number of sulfonamides is 1. The van der Waals surface area contributed by atoms with E-state index in [0.29, 0.717) is 22.3 Å². The molecule has 1 fully saturated rings. The van der Waals surface area contributed by atoms with Gasteiger partial charge in [-0.15, -0.1) is 0 Å². The number of rotatable bonds is 9. The van der Waals surface area contributed by atoms with E-state index in [2.05, 4.69) is 17.1 Å². The second-order valence-electron chi connectivity index (χ2n) is 8.17. The second kappa shape index (κ2) is 11.4. The minimum Gasteiger partial charge on any atom is -0.354 e. The number of likely N-dealkylation sites (tertiary alicyclic amines) is 1. The Morgan fingerprint density at radius 3 is 2.44 bits per heavy atom. The monoisotopic (exact) mass is 497 g/mol. The van der Waals surface area contributed by atoms with Gasteiger partial charge < -0.3 is 10.2 Å². The standard InChI is InChI=1S/C23H29Cl2N3O3S/c1-18-10-14-27(15-11-18)13-3-12-26-23(29)17-28(21-5-2-4-20(25)16-21)32(30,31)22-8-6-19(24)7-9-22/h2,4-9,16,18H,3,10-15,17H2,1H3,(H,26,29). The van der Waals surface area contributed by atoms with Crippen LogP contribution in [0.25, 0.3) is 0 Å². The average molecular weight is 498 g/mol. The van der Waals surface area contributed by atoms with E-state index in [0.717, 1.165) is 36.3 Å². The normalized spacial score (nSPS) is 15.5. The summed E-state index contributed by atoms with van der Waals surface area (Å²) in [5.41, 5.74) is 0.324. The van der Waals surface area contributed by atoms with Crippen LogP contribution < -0.4 is 9.62 Å². The molecule has 32 heavy (non-hydrogen) atoms. The summed E-state index contributed by atoms with van der Waals surface area (Å²) in [6.45, 7) is 5.55. The van der Waals surface area contributed by atoms with Crippen molar-refractivity contribution >= 4 is 44.8 Å². The third-order valence-electron chi connectivity index (χ3n) is 5.63. The summed E-state index contributed by atoms with van der Waals surface area (Å²) in [5.74, 6) is 0.417. The molecule has 1 saturated heterocycles. The summed E-state index contributed by atoms with van der Waals surface area (Å²) in [5, 5.41) is 3.67. The van der Waals surface area contributed by atoms with Gasteiger partial charge in [-0.3, -0.25) is 9.10 Å². The van der Waals surface area contributed by atoms with Crippen molar-refractivity contribution in [1.82, 2.24) is 10.2 Å². The number of halogens is 2. The lowest BCUT2D eigenvalue weighted by Crippen LogP contribution is -2.42. The molecule has 1 amide bonds. The van der Waals surface area contributed by atoms with Gasteiger partial charge in [-0.05, 0) is 87.3 Å². The largest absolute Gasteiger partial charge is 0.354 e. The zero-order valence-corrected chi connectivity index (χ0v) is 20.5. The maximum Gasteiger partial charge on any atom is 0.264 e. The predicted octanol–water partition coefficient (Wildman–Crippen LogP) is 4.43. The maximum absolute atomic E-state index is 13.3. The van der Waals surface area contributed by atoms with Crippen LogP contribution in [0, 0.1) is 5.92 Å². The van der Waals surface area contributed by atoms with Crippen molar-refractivity contribution < 1.29 is 13.2 Å². The quantitative estimate of drug-likeness (QED) is 0.520. The Kier molecular flexibility index (Phi) is 8.82. The summed E-state index contributed by atoms with van der Waals surface area (Å²) in [6.07, 6.45) is 3.24. The first kappa shape index (κ1) is 24.8. The molecule has 0 bridgehead atoms. The molecule has 6 nitrogen and oxygen atoms in total. The van der Waals surface area contributed by atoms with Gasteiger partial charge in [-0.2, -0.15) is 0 Å². The third-order valence-corrected chi connectivity index (χ3v) is 7.91. The van der Waals surface area contributed by atoms with Gasteiger partial charge >= 0.3 is 0 Å². The van der Waals surface area contributed by atoms with Crippen molar-refractivity contribution in [3.63, 3.8) is 0 Å². The number of nitrogens with one attached hydrogen (secondary N) is 1. The number of hydrogen-bond acceptors (Lipinski definition) is 4.